The number of aliphatic hydroxyl groups is 1. The number of hydrogen-bond acceptors (Lipinski definition) is 5. The summed E-state index contributed by atoms with van der Waals surface area (Å²) in [5, 5.41) is 15.1. The molecule has 3 heterocycles. The Bertz CT molecular complexity index is 635. The van der Waals surface area contributed by atoms with E-state index < -0.39 is 5.60 Å². The zero-order valence-corrected chi connectivity index (χ0v) is 15.6. The van der Waals surface area contributed by atoms with E-state index in [-0.39, 0.29) is 18.1 Å². The SMILES string of the molecule is CCn1nc2c(c1C(=O)N1CCC(O)(COC)CC1)C[C@H](C)O[C@@H]2C. The van der Waals surface area contributed by atoms with Crippen molar-refractivity contribution in [2.24, 2.45) is 0 Å². The maximum absolute atomic E-state index is 13.2. The van der Waals surface area contributed by atoms with E-state index in [9.17, 15) is 9.90 Å². The summed E-state index contributed by atoms with van der Waals surface area (Å²) >= 11 is 0. The average Bonchev–Trinajstić information content (AvgIpc) is 2.93. The van der Waals surface area contributed by atoms with Gasteiger partial charge >= 0.3 is 0 Å². The predicted molar refractivity (Wildman–Crippen MR) is 92.5 cm³/mol. The molecule has 0 saturated carbocycles. The standard InChI is InChI=1S/C18H29N3O4/c1-5-21-16(14-10-12(2)25-13(3)15(14)19-21)17(22)20-8-6-18(23,7-9-20)11-24-4/h12-13,23H,5-11H2,1-4H3/t12-,13+/m0/s1. The number of carbonyl (C=O) groups is 1. The Morgan fingerprint density at radius 2 is 2.08 bits per heavy atom. The van der Waals surface area contributed by atoms with Crippen LogP contribution in [0.2, 0.25) is 0 Å². The van der Waals surface area contributed by atoms with E-state index in [2.05, 4.69) is 5.10 Å². The minimum absolute atomic E-state index is 0.0105. The Kier molecular flexibility index (Phi) is 5.18. The van der Waals surface area contributed by atoms with Crippen LogP contribution in [0.3, 0.4) is 0 Å². The van der Waals surface area contributed by atoms with Gasteiger partial charge in [-0.25, -0.2) is 0 Å². The van der Waals surface area contributed by atoms with Gasteiger partial charge in [-0.1, -0.05) is 0 Å². The molecule has 1 N–H and O–H groups in total. The van der Waals surface area contributed by atoms with Gasteiger partial charge in [0.25, 0.3) is 5.91 Å². The molecule has 3 rings (SSSR count). The van der Waals surface area contributed by atoms with Crippen molar-refractivity contribution in [2.75, 3.05) is 26.8 Å². The molecule has 1 saturated heterocycles. The molecule has 1 amide bonds. The van der Waals surface area contributed by atoms with E-state index in [0.717, 1.165) is 11.3 Å². The van der Waals surface area contributed by atoms with Gasteiger partial charge in [0.05, 0.1) is 30.1 Å². The molecule has 2 atom stereocenters. The first-order valence-corrected chi connectivity index (χ1v) is 9.14. The number of aromatic nitrogens is 2. The number of hydrogen-bond donors (Lipinski definition) is 1. The second-order valence-electron chi connectivity index (χ2n) is 7.27. The molecule has 0 bridgehead atoms. The van der Waals surface area contributed by atoms with Gasteiger partial charge in [-0.2, -0.15) is 5.10 Å². The van der Waals surface area contributed by atoms with E-state index in [0.29, 0.717) is 51.2 Å². The third kappa shape index (κ3) is 3.45. The molecule has 140 valence electrons. The number of piperidine rings is 1. The number of amides is 1. The summed E-state index contributed by atoms with van der Waals surface area (Å²) in [5.41, 5.74) is 1.77. The molecule has 2 aliphatic heterocycles. The summed E-state index contributed by atoms with van der Waals surface area (Å²) in [6, 6.07) is 0. The minimum atomic E-state index is -0.827. The number of rotatable bonds is 4. The van der Waals surface area contributed by atoms with Gasteiger partial charge in [0.1, 0.15) is 5.69 Å². The molecular formula is C18H29N3O4. The van der Waals surface area contributed by atoms with Gasteiger partial charge in [-0.15, -0.1) is 0 Å². The van der Waals surface area contributed by atoms with Crippen molar-refractivity contribution in [3.63, 3.8) is 0 Å². The molecular weight excluding hydrogens is 322 g/mol. The Labute approximate surface area is 148 Å². The van der Waals surface area contributed by atoms with Crippen LogP contribution in [0.5, 0.6) is 0 Å². The monoisotopic (exact) mass is 351 g/mol. The van der Waals surface area contributed by atoms with Crippen molar-refractivity contribution in [3.05, 3.63) is 17.0 Å². The molecule has 2 aliphatic rings. The second kappa shape index (κ2) is 7.05. The average molecular weight is 351 g/mol. The quantitative estimate of drug-likeness (QED) is 0.890. The van der Waals surface area contributed by atoms with Crippen molar-refractivity contribution >= 4 is 5.91 Å². The van der Waals surface area contributed by atoms with Crippen LogP contribution in [0.25, 0.3) is 0 Å². The fourth-order valence-electron chi connectivity index (χ4n) is 3.95. The first-order valence-electron chi connectivity index (χ1n) is 9.14. The van der Waals surface area contributed by atoms with Gasteiger partial charge in [0.2, 0.25) is 0 Å². The maximum Gasteiger partial charge on any atom is 0.272 e. The second-order valence-corrected chi connectivity index (χ2v) is 7.27. The Morgan fingerprint density at radius 1 is 1.40 bits per heavy atom. The summed E-state index contributed by atoms with van der Waals surface area (Å²) in [4.78, 5) is 15.0. The predicted octanol–water partition coefficient (Wildman–Crippen LogP) is 1.54. The van der Waals surface area contributed by atoms with E-state index in [1.165, 1.54) is 0 Å². The number of carbonyl (C=O) groups excluding carboxylic acids is 1. The molecule has 1 fully saturated rings. The van der Waals surface area contributed by atoms with Crippen LogP contribution in [-0.4, -0.2) is 64.2 Å². The number of fused-ring (bicyclic) bond motifs is 1. The van der Waals surface area contributed by atoms with Gasteiger partial charge in [0.15, 0.2) is 0 Å². The molecule has 7 heteroatoms. The fourth-order valence-corrected chi connectivity index (χ4v) is 3.95. The molecule has 0 aromatic carbocycles. The van der Waals surface area contributed by atoms with Gasteiger partial charge in [-0.3, -0.25) is 9.48 Å². The highest BCUT2D eigenvalue weighted by molar-refractivity contribution is 5.94. The smallest absolute Gasteiger partial charge is 0.272 e. The minimum Gasteiger partial charge on any atom is -0.387 e. The van der Waals surface area contributed by atoms with Crippen molar-refractivity contribution in [2.45, 2.75) is 64.4 Å². The molecule has 25 heavy (non-hydrogen) atoms. The van der Waals surface area contributed by atoms with Crippen LogP contribution in [0.15, 0.2) is 0 Å². The summed E-state index contributed by atoms with van der Waals surface area (Å²) in [5.74, 6) is 0.0105. The summed E-state index contributed by atoms with van der Waals surface area (Å²) < 4.78 is 12.8. The van der Waals surface area contributed by atoms with Gasteiger partial charge in [-0.05, 0) is 33.6 Å². The number of nitrogens with zero attached hydrogens (tertiary/aromatic N) is 3. The molecule has 0 radical (unpaired) electrons. The molecule has 0 spiro atoms. The Morgan fingerprint density at radius 3 is 2.68 bits per heavy atom. The fraction of sp³-hybridized carbons (Fsp3) is 0.778. The molecule has 1 aromatic rings. The molecule has 7 nitrogen and oxygen atoms in total. The van der Waals surface area contributed by atoms with Crippen molar-refractivity contribution in [1.82, 2.24) is 14.7 Å². The summed E-state index contributed by atoms with van der Waals surface area (Å²) in [6.07, 6.45) is 1.76. The van der Waals surface area contributed by atoms with Crippen LogP contribution in [0, 0.1) is 0 Å². The van der Waals surface area contributed by atoms with E-state index >= 15 is 0 Å². The zero-order valence-electron chi connectivity index (χ0n) is 15.6. The lowest BCUT2D eigenvalue weighted by atomic mass is 9.91. The first kappa shape index (κ1) is 18.4. The lowest BCUT2D eigenvalue weighted by molar-refractivity contribution is -0.0663. The van der Waals surface area contributed by atoms with Crippen LogP contribution >= 0.6 is 0 Å². The third-order valence-electron chi connectivity index (χ3n) is 5.29. The lowest BCUT2D eigenvalue weighted by Gasteiger charge is -2.38. The van der Waals surface area contributed by atoms with Crippen molar-refractivity contribution < 1.29 is 19.4 Å². The lowest BCUT2D eigenvalue weighted by Crippen LogP contribution is -2.49. The van der Waals surface area contributed by atoms with Gasteiger partial charge in [0, 0.05) is 38.7 Å². The number of aryl methyl sites for hydroxylation is 1. The van der Waals surface area contributed by atoms with Crippen LogP contribution in [0.1, 0.15) is 61.5 Å². The summed E-state index contributed by atoms with van der Waals surface area (Å²) in [7, 11) is 1.59. The normalized spacial score (nSPS) is 25.7. The van der Waals surface area contributed by atoms with Crippen LogP contribution < -0.4 is 0 Å². The third-order valence-corrected chi connectivity index (χ3v) is 5.29. The topological polar surface area (TPSA) is 76.8 Å². The highest BCUT2D eigenvalue weighted by atomic mass is 16.5. The Balaban J connectivity index is 1.84. The number of ether oxygens (including phenoxy) is 2. The maximum atomic E-state index is 13.2. The Hall–Kier alpha value is -1.44. The van der Waals surface area contributed by atoms with Crippen molar-refractivity contribution in [3.8, 4) is 0 Å². The summed E-state index contributed by atoms with van der Waals surface area (Å²) in [6.45, 7) is 8.04. The largest absolute Gasteiger partial charge is 0.387 e. The van der Waals surface area contributed by atoms with E-state index in [1.54, 1.807) is 11.8 Å². The molecule has 1 aromatic heterocycles. The van der Waals surface area contributed by atoms with Crippen molar-refractivity contribution in [1.29, 1.82) is 0 Å². The first-order chi connectivity index (χ1) is 11.9. The molecule has 0 aliphatic carbocycles. The van der Waals surface area contributed by atoms with E-state index in [1.807, 2.05) is 25.7 Å². The highest BCUT2D eigenvalue weighted by Gasteiger charge is 2.37. The number of methoxy groups -OCH3 is 1. The van der Waals surface area contributed by atoms with Gasteiger partial charge < -0.3 is 19.5 Å². The zero-order chi connectivity index (χ0) is 18.2. The van der Waals surface area contributed by atoms with Crippen LogP contribution in [0.4, 0.5) is 0 Å². The number of likely N-dealkylation sites (tertiary alicyclic amines) is 1. The van der Waals surface area contributed by atoms with Crippen LogP contribution in [-0.2, 0) is 22.4 Å². The van der Waals surface area contributed by atoms with E-state index in [4.69, 9.17) is 9.47 Å². The molecule has 0 unspecified atom stereocenters. The highest BCUT2D eigenvalue weighted by Crippen LogP contribution is 2.33.